The Morgan fingerprint density at radius 1 is 1.20 bits per heavy atom. The molecule has 3 aromatic rings. The molecule has 0 aliphatic rings. The number of hydrogen-bond acceptors (Lipinski definition) is 5. The maximum absolute atomic E-state index is 12.2. The molecule has 0 fully saturated rings. The minimum absolute atomic E-state index is 0.171. The largest absolute Gasteiger partial charge is 0.273 e. The zero-order valence-corrected chi connectivity index (χ0v) is 16.0. The van der Waals surface area contributed by atoms with Crippen molar-refractivity contribution >= 4 is 44.4 Å². The van der Waals surface area contributed by atoms with Gasteiger partial charge in [0, 0.05) is 10.5 Å². The molecule has 130 valence electrons. The monoisotopic (exact) mass is 371 g/mol. The van der Waals surface area contributed by atoms with E-state index >= 15 is 0 Å². The van der Waals surface area contributed by atoms with Crippen LogP contribution >= 0.6 is 23.1 Å². The van der Waals surface area contributed by atoms with Gasteiger partial charge in [-0.1, -0.05) is 30.7 Å². The number of aromatic nitrogens is 1. The molecule has 4 nitrogen and oxygen atoms in total. The molecule has 0 saturated carbocycles. The van der Waals surface area contributed by atoms with Crippen LogP contribution in [0.1, 0.15) is 35.7 Å². The lowest BCUT2D eigenvalue weighted by atomic mass is 10.1. The Bertz CT molecular complexity index is 859. The van der Waals surface area contributed by atoms with Crippen molar-refractivity contribution in [2.24, 2.45) is 0 Å². The molecule has 0 spiro atoms. The van der Waals surface area contributed by atoms with Crippen molar-refractivity contribution in [3.05, 3.63) is 53.6 Å². The number of carbonyl (C=O) groups is 1. The van der Waals surface area contributed by atoms with E-state index in [-0.39, 0.29) is 5.91 Å². The van der Waals surface area contributed by atoms with Crippen LogP contribution in [0.3, 0.4) is 0 Å². The first kappa shape index (κ1) is 17.8. The van der Waals surface area contributed by atoms with Crippen LogP contribution in [0.2, 0.25) is 0 Å². The number of nitrogens with zero attached hydrogens (tertiary/aromatic N) is 1. The van der Waals surface area contributed by atoms with E-state index in [9.17, 15) is 4.79 Å². The van der Waals surface area contributed by atoms with Crippen LogP contribution < -0.4 is 10.9 Å². The third-order valence-electron chi connectivity index (χ3n) is 3.91. The van der Waals surface area contributed by atoms with Crippen molar-refractivity contribution in [3.8, 4) is 0 Å². The molecule has 2 N–H and O–H groups in total. The zero-order chi connectivity index (χ0) is 17.6. The van der Waals surface area contributed by atoms with E-state index in [2.05, 4.69) is 34.9 Å². The molecule has 1 amide bonds. The number of hydrogen-bond donors (Lipinski definition) is 2. The number of anilines is 1. The van der Waals surface area contributed by atoms with Gasteiger partial charge in [0.25, 0.3) is 5.91 Å². The standard InChI is InChI=1S/C19H21N3OS2/c1-3-4-5-13-6-11-16-17(12-13)25-19(20-16)22-21-18(23)14-7-9-15(24-2)10-8-14/h6-12H,3-5H2,1-2H3,(H,20,22)(H,21,23). The molecule has 6 heteroatoms. The maximum Gasteiger partial charge on any atom is 0.269 e. The number of hydrazine groups is 1. The summed E-state index contributed by atoms with van der Waals surface area (Å²) in [5, 5.41) is 0.691. The van der Waals surface area contributed by atoms with Gasteiger partial charge in [-0.3, -0.25) is 15.6 Å². The van der Waals surface area contributed by atoms with Gasteiger partial charge in [0.15, 0.2) is 0 Å². The van der Waals surface area contributed by atoms with Crippen molar-refractivity contribution in [1.82, 2.24) is 10.4 Å². The van der Waals surface area contributed by atoms with Crippen LogP contribution in [0.5, 0.6) is 0 Å². The quantitative estimate of drug-likeness (QED) is 0.447. The van der Waals surface area contributed by atoms with E-state index in [0.29, 0.717) is 10.7 Å². The first-order valence-electron chi connectivity index (χ1n) is 8.29. The highest BCUT2D eigenvalue weighted by Gasteiger charge is 2.08. The van der Waals surface area contributed by atoms with E-state index in [0.717, 1.165) is 21.5 Å². The molecular formula is C19H21N3OS2. The highest BCUT2D eigenvalue weighted by Crippen LogP contribution is 2.27. The van der Waals surface area contributed by atoms with E-state index in [1.165, 1.54) is 18.4 Å². The number of aryl methyl sites for hydroxylation is 1. The highest BCUT2D eigenvalue weighted by molar-refractivity contribution is 7.98. The predicted molar refractivity (Wildman–Crippen MR) is 108 cm³/mol. The molecular weight excluding hydrogens is 350 g/mol. The highest BCUT2D eigenvalue weighted by atomic mass is 32.2. The van der Waals surface area contributed by atoms with E-state index in [1.807, 2.05) is 36.6 Å². The number of rotatable bonds is 7. The summed E-state index contributed by atoms with van der Waals surface area (Å²) in [6.45, 7) is 2.20. The summed E-state index contributed by atoms with van der Waals surface area (Å²) in [4.78, 5) is 17.9. The SMILES string of the molecule is CCCCc1ccc2nc(NNC(=O)c3ccc(SC)cc3)sc2c1. The van der Waals surface area contributed by atoms with Crippen LogP contribution in [0.25, 0.3) is 10.2 Å². The van der Waals surface area contributed by atoms with Crippen LogP contribution in [0.15, 0.2) is 47.4 Å². The van der Waals surface area contributed by atoms with Crippen molar-refractivity contribution in [2.75, 3.05) is 11.7 Å². The minimum atomic E-state index is -0.171. The summed E-state index contributed by atoms with van der Waals surface area (Å²) in [5.74, 6) is -0.171. The molecule has 0 atom stereocenters. The zero-order valence-electron chi connectivity index (χ0n) is 14.3. The van der Waals surface area contributed by atoms with E-state index < -0.39 is 0 Å². The summed E-state index contributed by atoms with van der Waals surface area (Å²) in [5.41, 5.74) is 8.55. The number of amides is 1. The van der Waals surface area contributed by atoms with Gasteiger partial charge in [0.2, 0.25) is 5.13 Å². The Morgan fingerprint density at radius 2 is 2.00 bits per heavy atom. The van der Waals surface area contributed by atoms with E-state index in [4.69, 9.17) is 0 Å². The van der Waals surface area contributed by atoms with Gasteiger partial charge >= 0.3 is 0 Å². The van der Waals surface area contributed by atoms with Crippen LogP contribution in [0, 0.1) is 0 Å². The summed E-state index contributed by atoms with van der Waals surface area (Å²) in [6.07, 6.45) is 5.49. The molecule has 25 heavy (non-hydrogen) atoms. The number of thiazole rings is 1. The molecule has 3 rings (SSSR count). The molecule has 0 radical (unpaired) electrons. The first-order chi connectivity index (χ1) is 12.2. The third kappa shape index (κ3) is 4.52. The molecule has 1 heterocycles. The normalized spacial score (nSPS) is 10.8. The maximum atomic E-state index is 12.2. The van der Waals surface area contributed by atoms with Crippen molar-refractivity contribution < 1.29 is 4.79 Å². The van der Waals surface area contributed by atoms with Crippen molar-refractivity contribution in [1.29, 1.82) is 0 Å². The van der Waals surface area contributed by atoms with Gasteiger partial charge in [0.05, 0.1) is 10.2 Å². The third-order valence-corrected chi connectivity index (χ3v) is 5.58. The fourth-order valence-electron chi connectivity index (χ4n) is 2.48. The van der Waals surface area contributed by atoms with Gasteiger partial charge in [0.1, 0.15) is 0 Å². The number of benzene rings is 2. The molecule has 1 aromatic heterocycles. The van der Waals surface area contributed by atoms with Gasteiger partial charge in [-0.25, -0.2) is 4.98 Å². The topological polar surface area (TPSA) is 54.0 Å². The molecule has 0 aliphatic heterocycles. The predicted octanol–water partition coefficient (Wildman–Crippen LogP) is 5.12. The minimum Gasteiger partial charge on any atom is -0.273 e. The summed E-state index contributed by atoms with van der Waals surface area (Å²) >= 11 is 3.20. The van der Waals surface area contributed by atoms with Crippen LogP contribution in [-0.4, -0.2) is 17.1 Å². The number of thioether (sulfide) groups is 1. The Labute approximate surface area is 156 Å². The molecule has 0 aliphatic carbocycles. The average molecular weight is 372 g/mol. The van der Waals surface area contributed by atoms with Gasteiger partial charge < -0.3 is 0 Å². The second-order valence-electron chi connectivity index (χ2n) is 5.73. The number of carbonyl (C=O) groups excluding carboxylic acids is 1. The fraction of sp³-hybridized carbons (Fsp3) is 0.263. The van der Waals surface area contributed by atoms with Crippen LogP contribution in [0.4, 0.5) is 5.13 Å². The summed E-state index contributed by atoms with van der Waals surface area (Å²) in [6, 6.07) is 13.9. The number of fused-ring (bicyclic) bond motifs is 1. The molecule has 0 saturated heterocycles. The van der Waals surface area contributed by atoms with E-state index in [1.54, 1.807) is 23.1 Å². The Kier molecular flexibility index (Phi) is 5.94. The lowest BCUT2D eigenvalue weighted by Gasteiger charge is -2.05. The summed E-state index contributed by atoms with van der Waals surface area (Å²) in [7, 11) is 0. The second kappa shape index (κ2) is 8.36. The Morgan fingerprint density at radius 3 is 2.72 bits per heavy atom. The molecule has 2 aromatic carbocycles. The fourth-order valence-corrected chi connectivity index (χ4v) is 3.77. The van der Waals surface area contributed by atoms with Gasteiger partial charge in [-0.05, 0) is 61.1 Å². The average Bonchev–Trinajstić information content (AvgIpc) is 3.06. The van der Waals surface area contributed by atoms with Crippen molar-refractivity contribution in [2.45, 2.75) is 31.1 Å². The first-order valence-corrected chi connectivity index (χ1v) is 10.3. The molecule has 0 bridgehead atoms. The number of nitrogens with one attached hydrogen (secondary N) is 2. The second-order valence-corrected chi connectivity index (χ2v) is 7.64. The van der Waals surface area contributed by atoms with Crippen molar-refractivity contribution in [3.63, 3.8) is 0 Å². The van der Waals surface area contributed by atoms with Gasteiger partial charge in [-0.2, -0.15) is 0 Å². The Balaban J connectivity index is 1.64. The lowest BCUT2D eigenvalue weighted by molar-refractivity contribution is 0.0962. The Hall–Kier alpha value is -2.05. The van der Waals surface area contributed by atoms with Crippen LogP contribution in [-0.2, 0) is 6.42 Å². The summed E-state index contributed by atoms with van der Waals surface area (Å²) < 4.78 is 1.13. The lowest BCUT2D eigenvalue weighted by Crippen LogP contribution is -2.29. The molecule has 0 unspecified atom stereocenters. The van der Waals surface area contributed by atoms with Gasteiger partial charge in [-0.15, -0.1) is 11.8 Å². The number of unbranched alkanes of at least 4 members (excludes halogenated alkanes) is 1. The smallest absolute Gasteiger partial charge is 0.269 e.